The summed E-state index contributed by atoms with van der Waals surface area (Å²) in [4.78, 5) is 0. The summed E-state index contributed by atoms with van der Waals surface area (Å²) in [6, 6.07) is 0. The molecule has 0 spiro atoms. The number of hydrogen-bond donors (Lipinski definition) is 0. The van der Waals surface area contributed by atoms with E-state index < -0.39 is 16.9 Å². The average molecular weight is 237 g/mol. The fraction of sp³-hybridized carbons (Fsp3) is 0.556. The van der Waals surface area contributed by atoms with E-state index in [0.29, 0.717) is 18.5 Å². The molecule has 0 fully saturated rings. The minimum atomic E-state index is -4.44. The molecule has 1 aromatic heterocycles. The van der Waals surface area contributed by atoms with Gasteiger partial charge in [0.15, 0.2) is 5.15 Å². The molecule has 1 aliphatic rings. The molecule has 0 bridgehead atoms. The van der Waals surface area contributed by atoms with Crippen LogP contribution < -0.4 is 0 Å². The molecule has 2 rings (SSSR count). The van der Waals surface area contributed by atoms with Crippen molar-refractivity contribution in [3.05, 3.63) is 22.0 Å². The van der Waals surface area contributed by atoms with Crippen molar-refractivity contribution in [2.24, 2.45) is 0 Å². The van der Waals surface area contributed by atoms with E-state index in [-0.39, 0.29) is 5.56 Å². The maximum absolute atomic E-state index is 12.7. The molecule has 0 radical (unpaired) electrons. The summed E-state index contributed by atoms with van der Waals surface area (Å²) in [7, 11) is 0. The molecule has 0 amide bonds. The van der Waals surface area contributed by atoms with E-state index in [9.17, 15) is 13.2 Å². The summed E-state index contributed by atoms with van der Waals surface area (Å²) in [6.07, 6.45) is -1.88. The van der Waals surface area contributed by atoms with Crippen molar-refractivity contribution in [1.82, 2.24) is 10.2 Å². The average Bonchev–Trinajstić information content (AvgIpc) is 2.15. The number of halogens is 4. The van der Waals surface area contributed by atoms with Gasteiger partial charge in [0.2, 0.25) is 0 Å². The van der Waals surface area contributed by atoms with Gasteiger partial charge < -0.3 is 0 Å². The predicted octanol–water partition coefficient (Wildman–Crippen LogP) is 3.03. The first-order valence-corrected chi connectivity index (χ1v) is 4.99. The van der Waals surface area contributed by atoms with E-state index in [4.69, 9.17) is 11.6 Å². The molecule has 0 N–H and O–H groups in total. The Morgan fingerprint density at radius 3 is 2.40 bits per heavy atom. The lowest BCUT2D eigenvalue weighted by atomic mass is 9.93. The number of aromatic nitrogens is 2. The van der Waals surface area contributed by atoms with Crippen LogP contribution >= 0.6 is 11.6 Å². The van der Waals surface area contributed by atoms with Crippen LogP contribution in [0.2, 0.25) is 5.15 Å². The smallest absolute Gasteiger partial charge is 0.166 e. The van der Waals surface area contributed by atoms with E-state index in [2.05, 4.69) is 10.2 Å². The first kappa shape index (κ1) is 10.7. The summed E-state index contributed by atoms with van der Waals surface area (Å²) < 4.78 is 38.1. The van der Waals surface area contributed by atoms with Crippen LogP contribution in [0.4, 0.5) is 13.2 Å². The maximum atomic E-state index is 12.7. The summed E-state index contributed by atoms with van der Waals surface area (Å²) in [5.74, 6) is 0. The van der Waals surface area contributed by atoms with Gasteiger partial charge in [-0.05, 0) is 31.2 Å². The Bertz CT molecular complexity index is 390. The number of rotatable bonds is 0. The number of alkyl halides is 3. The van der Waals surface area contributed by atoms with Gasteiger partial charge in [-0.2, -0.15) is 18.3 Å². The molecule has 1 aromatic rings. The highest BCUT2D eigenvalue weighted by Crippen LogP contribution is 2.38. The van der Waals surface area contributed by atoms with E-state index in [1.165, 1.54) is 0 Å². The molecule has 82 valence electrons. The van der Waals surface area contributed by atoms with Crippen molar-refractivity contribution in [3.8, 4) is 0 Å². The Balaban J connectivity index is 2.60. The second kappa shape index (κ2) is 3.63. The van der Waals surface area contributed by atoms with Crippen LogP contribution in [0.1, 0.15) is 29.7 Å². The standard InChI is InChI=1S/C9H8ClF3N2/c10-8-7(9(11,12)13)5-3-1-2-4-6(5)14-15-8/h1-4H2. The highest BCUT2D eigenvalue weighted by molar-refractivity contribution is 6.30. The first-order valence-electron chi connectivity index (χ1n) is 4.61. The zero-order valence-corrected chi connectivity index (χ0v) is 8.49. The van der Waals surface area contributed by atoms with Gasteiger partial charge in [0.1, 0.15) is 0 Å². The van der Waals surface area contributed by atoms with E-state index in [0.717, 1.165) is 12.8 Å². The molecule has 0 aromatic carbocycles. The summed E-state index contributed by atoms with van der Waals surface area (Å²) in [5.41, 5.74) is -0.124. The zero-order valence-electron chi connectivity index (χ0n) is 7.73. The molecule has 2 nitrogen and oxygen atoms in total. The Morgan fingerprint density at radius 2 is 1.73 bits per heavy atom. The lowest BCUT2D eigenvalue weighted by Gasteiger charge is -2.19. The molecule has 0 saturated carbocycles. The zero-order chi connectivity index (χ0) is 11.1. The molecule has 1 aliphatic carbocycles. The van der Waals surface area contributed by atoms with Gasteiger partial charge in [0, 0.05) is 0 Å². The Hall–Kier alpha value is -0.840. The van der Waals surface area contributed by atoms with Crippen LogP contribution in [-0.4, -0.2) is 10.2 Å². The van der Waals surface area contributed by atoms with Crippen LogP contribution in [0, 0.1) is 0 Å². The largest absolute Gasteiger partial charge is 0.419 e. The molecule has 6 heteroatoms. The third kappa shape index (κ3) is 1.93. The van der Waals surface area contributed by atoms with Crippen LogP contribution in [0.25, 0.3) is 0 Å². The third-order valence-corrected chi connectivity index (χ3v) is 2.75. The van der Waals surface area contributed by atoms with Crippen LogP contribution in [0.15, 0.2) is 0 Å². The van der Waals surface area contributed by atoms with Gasteiger partial charge in [-0.25, -0.2) is 0 Å². The van der Waals surface area contributed by atoms with Gasteiger partial charge in [0.25, 0.3) is 0 Å². The second-order valence-corrected chi connectivity index (χ2v) is 3.85. The normalized spacial score (nSPS) is 16.3. The lowest BCUT2D eigenvalue weighted by molar-refractivity contribution is -0.138. The summed E-state index contributed by atoms with van der Waals surface area (Å²) in [6.45, 7) is 0. The molecule has 0 atom stereocenters. The summed E-state index contributed by atoms with van der Waals surface area (Å²) in [5, 5.41) is 6.53. The van der Waals surface area contributed by atoms with Crippen molar-refractivity contribution < 1.29 is 13.2 Å². The van der Waals surface area contributed by atoms with E-state index >= 15 is 0 Å². The van der Waals surface area contributed by atoms with Crippen molar-refractivity contribution in [1.29, 1.82) is 0 Å². The molecule has 0 unspecified atom stereocenters. The molecular weight excluding hydrogens is 229 g/mol. The second-order valence-electron chi connectivity index (χ2n) is 3.50. The van der Waals surface area contributed by atoms with Crippen molar-refractivity contribution >= 4 is 11.6 Å². The van der Waals surface area contributed by atoms with Gasteiger partial charge in [-0.1, -0.05) is 11.6 Å². The van der Waals surface area contributed by atoms with Gasteiger partial charge in [-0.3, -0.25) is 0 Å². The first-order chi connectivity index (χ1) is 7.00. The highest BCUT2D eigenvalue weighted by Gasteiger charge is 2.38. The van der Waals surface area contributed by atoms with Gasteiger partial charge >= 0.3 is 6.18 Å². The number of aryl methyl sites for hydroxylation is 1. The lowest BCUT2D eigenvalue weighted by Crippen LogP contribution is -2.17. The molecule has 15 heavy (non-hydrogen) atoms. The number of fused-ring (bicyclic) bond motifs is 1. The number of nitrogens with zero attached hydrogens (tertiary/aromatic N) is 2. The monoisotopic (exact) mass is 236 g/mol. The molecule has 1 heterocycles. The fourth-order valence-corrected chi connectivity index (χ4v) is 2.09. The molecular formula is C9H8ClF3N2. The predicted molar refractivity (Wildman–Crippen MR) is 48.7 cm³/mol. The fourth-order valence-electron chi connectivity index (χ4n) is 1.84. The van der Waals surface area contributed by atoms with Crippen LogP contribution in [0.5, 0.6) is 0 Å². The molecule has 0 aliphatic heterocycles. The topological polar surface area (TPSA) is 25.8 Å². The summed E-state index contributed by atoms with van der Waals surface area (Å²) >= 11 is 5.45. The van der Waals surface area contributed by atoms with Crippen molar-refractivity contribution in [2.45, 2.75) is 31.9 Å². The number of hydrogen-bond acceptors (Lipinski definition) is 2. The van der Waals surface area contributed by atoms with Crippen LogP contribution in [-0.2, 0) is 19.0 Å². The van der Waals surface area contributed by atoms with Gasteiger partial charge in [-0.15, -0.1) is 5.10 Å². The van der Waals surface area contributed by atoms with Crippen LogP contribution in [0.3, 0.4) is 0 Å². The third-order valence-electron chi connectivity index (χ3n) is 2.49. The van der Waals surface area contributed by atoms with E-state index in [1.54, 1.807) is 0 Å². The van der Waals surface area contributed by atoms with Crippen molar-refractivity contribution in [3.63, 3.8) is 0 Å². The van der Waals surface area contributed by atoms with Crippen molar-refractivity contribution in [2.75, 3.05) is 0 Å². The highest BCUT2D eigenvalue weighted by atomic mass is 35.5. The Labute approximate surface area is 89.5 Å². The quantitative estimate of drug-likeness (QED) is 0.692. The van der Waals surface area contributed by atoms with E-state index in [1.807, 2.05) is 0 Å². The Morgan fingerprint density at radius 1 is 1.07 bits per heavy atom. The maximum Gasteiger partial charge on any atom is 0.419 e. The Kier molecular flexibility index (Phi) is 2.58. The van der Waals surface area contributed by atoms with Gasteiger partial charge in [0.05, 0.1) is 11.3 Å². The molecule has 0 saturated heterocycles. The minimum Gasteiger partial charge on any atom is -0.166 e. The SMILES string of the molecule is FC(F)(F)c1c(Cl)nnc2c1CCCC2. The minimum absolute atomic E-state index is 0.230.